The first-order valence-corrected chi connectivity index (χ1v) is 14.8. The first kappa shape index (κ1) is 25.8. The van der Waals surface area contributed by atoms with Gasteiger partial charge in [-0.15, -0.1) is 0 Å². The summed E-state index contributed by atoms with van der Waals surface area (Å²) >= 11 is 0. The molecule has 0 unspecified atom stereocenters. The number of hydrogen-bond donors (Lipinski definition) is 0. The number of rotatable bonds is 6. The average molecular weight is 565 g/mol. The zero-order chi connectivity index (χ0) is 29.3. The van der Waals surface area contributed by atoms with Gasteiger partial charge in [0.2, 0.25) is 0 Å². The van der Waals surface area contributed by atoms with E-state index in [1.165, 1.54) is 27.8 Å². The molecule has 208 valence electrons. The Labute approximate surface area is 256 Å². The fourth-order valence-electron chi connectivity index (χ4n) is 6.02. The Balaban J connectivity index is 1.27. The van der Waals surface area contributed by atoms with E-state index in [0.29, 0.717) is 0 Å². The van der Waals surface area contributed by atoms with Gasteiger partial charge in [0.25, 0.3) is 0 Å². The predicted molar refractivity (Wildman–Crippen MR) is 183 cm³/mol. The van der Waals surface area contributed by atoms with E-state index < -0.39 is 0 Å². The maximum Gasteiger partial charge on any atom is 0.153 e. The lowest BCUT2D eigenvalue weighted by atomic mass is 9.99. The van der Waals surface area contributed by atoms with Crippen LogP contribution in [0.4, 0.5) is 17.1 Å². The Morgan fingerprint density at radius 2 is 1.00 bits per heavy atom. The lowest BCUT2D eigenvalue weighted by Crippen LogP contribution is -2.10. The van der Waals surface area contributed by atoms with Crippen molar-refractivity contribution in [1.82, 2.24) is 4.98 Å². The van der Waals surface area contributed by atoms with Crippen LogP contribution in [0, 0.1) is 0 Å². The highest BCUT2D eigenvalue weighted by Gasteiger charge is 2.20. The van der Waals surface area contributed by atoms with Crippen molar-refractivity contribution < 1.29 is 4.42 Å². The van der Waals surface area contributed by atoms with Crippen LogP contribution in [-0.4, -0.2) is 4.98 Å². The maximum atomic E-state index is 6.24. The van der Waals surface area contributed by atoms with Gasteiger partial charge >= 0.3 is 0 Å². The van der Waals surface area contributed by atoms with Gasteiger partial charge in [0.05, 0.1) is 17.3 Å². The molecule has 0 fully saturated rings. The molecule has 2 aromatic heterocycles. The molecule has 8 aromatic rings. The smallest absolute Gasteiger partial charge is 0.153 e. The van der Waals surface area contributed by atoms with Gasteiger partial charge in [0, 0.05) is 23.0 Å². The summed E-state index contributed by atoms with van der Waals surface area (Å²) in [5.74, 6) is 0. The maximum absolute atomic E-state index is 6.24. The molecule has 3 heteroatoms. The van der Waals surface area contributed by atoms with Crippen LogP contribution in [0.1, 0.15) is 0 Å². The third-order valence-corrected chi connectivity index (χ3v) is 8.18. The minimum absolute atomic E-state index is 0.779. The van der Waals surface area contributed by atoms with Gasteiger partial charge in [-0.2, -0.15) is 0 Å². The Morgan fingerprint density at radius 3 is 1.68 bits per heavy atom. The summed E-state index contributed by atoms with van der Waals surface area (Å²) in [6.07, 6.45) is 3.62. The largest absolute Gasteiger partial charge is 0.454 e. The number of pyridine rings is 1. The summed E-state index contributed by atoms with van der Waals surface area (Å²) in [5, 5.41) is 2.11. The monoisotopic (exact) mass is 564 g/mol. The lowest BCUT2D eigenvalue weighted by molar-refractivity contribution is 0.667. The lowest BCUT2D eigenvalue weighted by Gasteiger charge is -2.27. The van der Waals surface area contributed by atoms with Crippen LogP contribution >= 0.6 is 0 Å². The van der Waals surface area contributed by atoms with Crippen molar-refractivity contribution >= 4 is 39.0 Å². The SMILES string of the molecule is c1ccc(-c2ccc(-c3cccc(N(c4ccc(-c5ccccc5)cc4)c4cccc5oc6cnccc6c45)c3)cc2)cc1. The molecule has 44 heavy (non-hydrogen) atoms. The molecule has 3 nitrogen and oxygen atoms in total. The van der Waals surface area contributed by atoms with E-state index in [1.54, 1.807) is 6.20 Å². The van der Waals surface area contributed by atoms with Crippen LogP contribution < -0.4 is 4.90 Å². The van der Waals surface area contributed by atoms with Crippen molar-refractivity contribution in [3.63, 3.8) is 0 Å². The van der Waals surface area contributed by atoms with Crippen LogP contribution in [-0.2, 0) is 0 Å². The van der Waals surface area contributed by atoms with Crippen molar-refractivity contribution in [2.24, 2.45) is 0 Å². The van der Waals surface area contributed by atoms with Crippen LogP contribution in [0.3, 0.4) is 0 Å². The fraction of sp³-hybridized carbons (Fsp3) is 0. The molecule has 0 saturated carbocycles. The van der Waals surface area contributed by atoms with E-state index in [0.717, 1.165) is 44.6 Å². The van der Waals surface area contributed by atoms with Crippen LogP contribution in [0.15, 0.2) is 175 Å². The second kappa shape index (κ2) is 11.0. The minimum atomic E-state index is 0.779. The number of furan rings is 1. The minimum Gasteiger partial charge on any atom is -0.454 e. The second-order valence-electron chi connectivity index (χ2n) is 10.9. The van der Waals surface area contributed by atoms with Gasteiger partial charge in [-0.05, 0) is 75.8 Å². The summed E-state index contributed by atoms with van der Waals surface area (Å²) in [6, 6.07) is 55.6. The van der Waals surface area contributed by atoms with Crippen molar-refractivity contribution in [1.29, 1.82) is 0 Å². The highest BCUT2D eigenvalue weighted by Crippen LogP contribution is 2.43. The van der Waals surface area contributed by atoms with E-state index in [-0.39, 0.29) is 0 Å². The molecule has 8 rings (SSSR count). The van der Waals surface area contributed by atoms with Crippen LogP contribution in [0.5, 0.6) is 0 Å². The zero-order valence-corrected chi connectivity index (χ0v) is 24.0. The number of hydrogen-bond acceptors (Lipinski definition) is 3. The molecule has 0 radical (unpaired) electrons. The molecule has 0 N–H and O–H groups in total. The third-order valence-electron chi connectivity index (χ3n) is 8.18. The number of anilines is 3. The van der Waals surface area contributed by atoms with E-state index in [2.05, 4.69) is 143 Å². The summed E-state index contributed by atoms with van der Waals surface area (Å²) in [5.41, 5.74) is 11.9. The summed E-state index contributed by atoms with van der Waals surface area (Å²) in [6.45, 7) is 0. The number of benzene rings is 6. The molecule has 0 atom stereocenters. The zero-order valence-electron chi connectivity index (χ0n) is 24.0. The molecular formula is C41H28N2O. The Bertz CT molecular complexity index is 2200. The highest BCUT2D eigenvalue weighted by atomic mass is 16.3. The highest BCUT2D eigenvalue weighted by molar-refractivity contribution is 6.13. The van der Waals surface area contributed by atoms with E-state index >= 15 is 0 Å². The van der Waals surface area contributed by atoms with Crippen molar-refractivity contribution in [2.75, 3.05) is 4.90 Å². The number of nitrogens with zero attached hydrogens (tertiary/aromatic N) is 2. The van der Waals surface area contributed by atoms with Gasteiger partial charge in [0.1, 0.15) is 5.58 Å². The van der Waals surface area contributed by atoms with E-state index in [1.807, 2.05) is 30.5 Å². The molecule has 0 bridgehead atoms. The van der Waals surface area contributed by atoms with E-state index in [4.69, 9.17) is 4.42 Å². The van der Waals surface area contributed by atoms with Gasteiger partial charge in [-0.1, -0.05) is 115 Å². The Kier molecular flexibility index (Phi) is 6.47. The molecule has 0 amide bonds. The molecule has 2 heterocycles. The molecular weight excluding hydrogens is 536 g/mol. The van der Waals surface area contributed by atoms with Gasteiger partial charge in [0.15, 0.2) is 5.58 Å². The van der Waals surface area contributed by atoms with Gasteiger partial charge in [-0.25, -0.2) is 0 Å². The van der Waals surface area contributed by atoms with Crippen molar-refractivity contribution in [2.45, 2.75) is 0 Å². The third kappa shape index (κ3) is 4.71. The summed E-state index contributed by atoms with van der Waals surface area (Å²) < 4.78 is 6.24. The summed E-state index contributed by atoms with van der Waals surface area (Å²) in [7, 11) is 0. The van der Waals surface area contributed by atoms with E-state index in [9.17, 15) is 0 Å². The molecule has 0 aliphatic rings. The van der Waals surface area contributed by atoms with Gasteiger partial charge in [-0.3, -0.25) is 4.98 Å². The molecule has 0 aliphatic carbocycles. The predicted octanol–water partition coefficient (Wildman–Crippen LogP) is 11.5. The van der Waals surface area contributed by atoms with Crippen molar-refractivity contribution in [3.8, 4) is 33.4 Å². The topological polar surface area (TPSA) is 29.3 Å². The second-order valence-corrected chi connectivity index (χ2v) is 10.9. The van der Waals surface area contributed by atoms with Crippen molar-refractivity contribution in [3.05, 3.63) is 170 Å². The number of fused-ring (bicyclic) bond motifs is 3. The fourth-order valence-corrected chi connectivity index (χ4v) is 6.02. The normalized spacial score (nSPS) is 11.2. The summed E-state index contributed by atoms with van der Waals surface area (Å²) in [4.78, 5) is 6.63. The average Bonchev–Trinajstić information content (AvgIpc) is 3.49. The molecule has 0 aliphatic heterocycles. The first-order valence-electron chi connectivity index (χ1n) is 14.8. The molecule has 6 aromatic carbocycles. The first-order chi connectivity index (χ1) is 21.8. The molecule has 0 saturated heterocycles. The molecule has 0 spiro atoms. The quantitative estimate of drug-likeness (QED) is 0.201. The van der Waals surface area contributed by atoms with Crippen LogP contribution in [0.25, 0.3) is 55.3 Å². The number of aromatic nitrogens is 1. The van der Waals surface area contributed by atoms with Gasteiger partial charge < -0.3 is 9.32 Å². The Hall–Kier alpha value is -5.93. The Morgan fingerprint density at radius 1 is 0.432 bits per heavy atom. The van der Waals surface area contributed by atoms with Crippen LogP contribution in [0.2, 0.25) is 0 Å². The standard InChI is InChI=1S/C41H28N2O/c1-3-9-29(10-4-1)31-17-19-33(20-18-31)34-13-7-14-36(27-34)43(35-23-21-32(22-24-35)30-11-5-2-6-12-30)38-15-8-16-39-41(38)37-25-26-42-28-40(37)44-39/h1-28H.